The minimum atomic E-state index is -0.689. The Bertz CT molecular complexity index is 794. The van der Waals surface area contributed by atoms with Crippen molar-refractivity contribution in [2.45, 2.75) is 13.0 Å². The Morgan fingerprint density at radius 3 is 2.81 bits per heavy atom. The zero-order valence-electron chi connectivity index (χ0n) is 11.5. The third-order valence-electron chi connectivity index (χ3n) is 3.33. The predicted molar refractivity (Wildman–Crippen MR) is 79.1 cm³/mol. The Kier molecular flexibility index (Phi) is 3.44. The van der Waals surface area contributed by atoms with E-state index < -0.39 is 6.10 Å². The lowest BCUT2D eigenvalue weighted by Gasteiger charge is -2.13. The van der Waals surface area contributed by atoms with Crippen LogP contribution < -0.4 is 4.74 Å². The van der Waals surface area contributed by atoms with Gasteiger partial charge in [0.1, 0.15) is 11.6 Å². The van der Waals surface area contributed by atoms with Crippen LogP contribution in [0.15, 0.2) is 54.7 Å². The number of halogens is 1. The lowest BCUT2D eigenvalue weighted by atomic mass is 10.1. The Morgan fingerprint density at radius 1 is 1.19 bits per heavy atom. The molecule has 0 saturated heterocycles. The lowest BCUT2D eigenvalue weighted by Crippen LogP contribution is -2.23. The van der Waals surface area contributed by atoms with Crippen molar-refractivity contribution in [1.29, 1.82) is 0 Å². The SMILES string of the molecule is C[C@H](Oc1cccc(F)c1)C(=O)c1c[nH]c2ccccc12. The zero-order chi connectivity index (χ0) is 14.8. The second-order valence-corrected chi connectivity index (χ2v) is 4.83. The molecule has 4 heteroatoms. The van der Waals surface area contributed by atoms with Crippen LogP contribution >= 0.6 is 0 Å². The zero-order valence-corrected chi connectivity index (χ0v) is 11.5. The number of aromatic amines is 1. The minimum absolute atomic E-state index is 0.142. The average molecular weight is 283 g/mol. The summed E-state index contributed by atoms with van der Waals surface area (Å²) in [5.41, 5.74) is 1.48. The molecule has 2 aromatic carbocycles. The van der Waals surface area contributed by atoms with E-state index in [-0.39, 0.29) is 11.6 Å². The number of benzene rings is 2. The molecule has 0 aliphatic carbocycles. The molecule has 0 aliphatic heterocycles. The molecule has 1 N–H and O–H groups in total. The van der Waals surface area contributed by atoms with Crippen LogP contribution in [0.4, 0.5) is 4.39 Å². The van der Waals surface area contributed by atoms with Crippen molar-refractivity contribution in [1.82, 2.24) is 4.98 Å². The summed E-state index contributed by atoms with van der Waals surface area (Å²) in [6.07, 6.45) is 0.990. The monoisotopic (exact) mass is 283 g/mol. The number of hydrogen-bond acceptors (Lipinski definition) is 2. The molecule has 0 spiro atoms. The molecule has 3 rings (SSSR count). The van der Waals surface area contributed by atoms with Gasteiger partial charge in [0.05, 0.1) is 0 Å². The smallest absolute Gasteiger partial charge is 0.205 e. The van der Waals surface area contributed by atoms with Crippen LogP contribution in [0, 0.1) is 5.82 Å². The average Bonchev–Trinajstić information content (AvgIpc) is 2.90. The number of para-hydroxylation sites is 1. The van der Waals surface area contributed by atoms with Crippen molar-refractivity contribution in [3.63, 3.8) is 0 Å². The van der Waals surface area contributed by atoms with Gasteiger partial charge in [0.15, 0.2) is 6.10 Å². The third kappa shape index (κ3) is 2.65. The fourth-order valence-corrected chi connectivity index (χ4v) is 2.29. The highest BCUT2D eigenvalue weighted by Gasteiger charge is 2.20. The number of fused-ring (bicyclic) bond motifs is 1. The van der Waals surface area contributed by atoms with Crippen LogP contribution in [-0.4, -0.2) is 16.9 Å². The Morgan fingerprint density at radius 2 is 2.00 bits per heavy atom. The highest BCUT2D eigenvalue weighted by molar-refractivity contribution is 6.09. The first-order valence-corrected chi connectivity index (χ1v) is 6.68. The van der Waals surface area contributed by atoms with Crippen LogP contribution in [0.1, 0.15) is 17.3 Å². The number of ketones is 1. The third-order valence-corrected chi connectivity index (χ3v) is 3.33. The quantitative estimate of drug-likeness (QED) is 0.736. The molecule has 106 valence electrons. The number of carbonyl (C=O) groups is 1. The lowest BCUT2D eigenvalue weighted by molar-refractivity contribution is 0.0819. The van der Waals surface area contributed by atoms with Gasteiger partial charge < -0.3 is 9.72 Å². The number of aromatic nitrogens is 1. The number of rotatable bonds is 4. The number of nitrogens with one attached hydrogen (secondary N) is 1. The van der Waals surface area contributed by atoms with Crippen molar-refractivity contribution in [2.75, 3.05) is 0 Å². The van der Waals surface area contributed by atoms with Crippen LogP contribution in [0.25, 0.3) is 10.9 Å². The van der Waals surface area contributed by atoms with E-state index in [1.165, 1.54) is 12.1 Å². The fraction of sp³-hybridized carbons (Fsp3) is 0.118. The van der Waals surface area contributed by atoms with Crippen LogP contribution in [0.5, 0.6) is 5.75 Å². The highest BCUT2D eigenvalue weighted by Crippen LogP contribution is 2.21. The van der Waals surface area contributed by atoms with Crippen molar-refractivity contribution in [2.24, 2.45) is 0 Å². The van der Waals surface area contributed by atoms with Gasteiger partial charge in [0.25, 0.3) is 0 Å². The summed E-state index contributed by atoms with van der Waals surface area (Å²) in [5.74, 6) is -0.188. The van der Waals surface area contributed by atoms with E-state index in [1.54, 1.807) is 25.3 Å². The molecule has 1 heterocycles. The van der Waals surface area contributed by atoms with Crippen molar-refractivity contribution < 1.29 is 13.9 Å². The standard InChI is InChI=1S/C17H14FNO2/c1-11(21-13-6-4-5-12(18)9-13)17(20)15-10-19-16-8-3-2-7-14(15)16/h2-11,19H,1H3/t11-/m0/s1. The molecule has 21 heavy (non-hydrogen) atoms. The van der Waals surface area contributed by atoms with Gasteiger partial charge in [-0.2, -0.15) is 0 Å². The molecule has 0 bridgehead atoms. The molecule has 0 fully saturated rings. The molecule has 0 amide bonds. The van der Waals surface area contributed by atoms with Crippen LogP contribution in [0.3, 0.4) is 0 Å². The maximum absolute atomic E-state index is 13.1. The van der Waals surface area contributed by atoms with Crippen molar-refractivity contribution in [3.05, 3.63) is 66.1 Å². The van der Waals surface area contributed by atoms with Gasteiger partial charge in [-0.1, -0.05) is 24.3 Å². The normalized spacial score (nSPS) is 12.3. The first kappa shape index (κ1) is 13.4. The van der Waals surface area contributed by atoms with Crippen molar-refractivity contribution in [3.8, 4) is 5.75 Å². The fourth-order valence-electron chi connectivity index (χ4n) is 2.29. The van der Waals surface area contributed by atoms with E-state index in [9.17, 15) is 9.18 Å². The molecule has 0 unspecified atom stereocenters. The summed E-state index contributed by atoms with van der Waals surface area (Å²) in [6.45, 7) is 1.66. The molecule has 0 saturated carbocycles. The number of carbonyl (C=O) groups excluding carboxylic acids is 1. The van der Waals surface area contributed by atoms with E-state index in [0.29, 0.717) is 11.3 Å². The minimum Gasteiger partial charge on any atom is -0.482 e. The van der Waals surface area contributed by atoms with E-state index >= 15 is 0 Å². The van der Waals surface area contributed by atoms with E-state index in [0.717, 1.165) is 10.9 Å². The molecular weight excluding hydrogens is 269 g/mol. The molecule has 3 nitrogen and oxygen atoms in total. The summed E-state index contributed by atoms with van der Waals surface area (Å²) < 4.78 is 18.7. The predicted octanol–water partition coefficient (Wildman–Crippen LogP) is 3.96. The van der Waals surface area contributed by atoms with Gasteiger partial charge >= 0.3 is 0 Å². The van der Waals surface area contributed by atoms with Gasteiger partial charge in [0, 0.05) is 28.7 Å². The van der Waals surface area contributed by atoms with Crippen molar-refractivity contribution >= 4 is 16.7 Å². The maximum Gasteiger partial charge on any atom is 0.205 e. The topological polar surface area (TPSA) is 42.1 Å². The van der Waals surface area contributed by atoms with Crippen LogP contribution in [-0.2, 0) is 0 Å². The number of Topliss-reactive ketones (excluding diaryl/α,β-unsaturated/α-hetero) is 1. The van der Waals surface area contributed by atoms with Gasteiger partial charge in [-0.15, -0.1) is 0 Å². The number of ether oxygens (including phenoxy) is 1. The molecule has 1 aromatic heterocycles. The largest absolute Gasteiger partial charge is 0.482 e. The van der Waals surface area contributed by atoms with E-state index in [1.807, 2.05) is 24.3 Å². The summed E-state index contributed by atoms with van der Waals surface area (Å²) in [7, 11) is 0. The summed E-state index contributed by atoms with van der Waals surface area (Å²) >= 11 is 0. The van der Waals surface area contributed by atoms with Gasteiger partial charge in [-0.05, 0) is 25.1 Å². The molecular formula is C17H14FNO2. The van der Waals surface area contributed by atoms with Gasteiger partial charge in [-0.25, -0.2) is 4.39 Å². The van der Waals surface area contributed by atoms with E-state index in [2.05, 4.69) is 4.98 Å². The summed E-state index contributed by atoms with van der Waals surface area (Å²) in [4.78, 5) is 15.5. The Labute approximate surface area is 121 Å². The molecule has 1 atom stereocenters. The molecule has 0 aliphatic rings. The molecule has 0 radical (unpaired) electrons. The second kappa shape index (κ2) is 5.40. The highest BCUT2D eigenvalue weighted by atomic mass is 19.1. The Balaban J connectivity index is 1.84. The summed E-state index contributed by atoms with van der Waals surface area (Å²) in [6, 6.07) is 13.3. The number of hydrogen-bond donors (Lipinski definition) is 1. The number of H-pyrrole nitrogens is 1. The summed E-state index contributed by atoms with van der Waals surface area (Å²) in [5, 5.41) is 0.859. The maximum atomic E-state index is 13.1. The first-order chi connectivity index (χ1) is 10.1. The van der Waals surface area contributed by atoms with Gasteiger partial charge in [0.2, 0.25) is 5.78 Å². The van der Waals surface area contributed by atoms with Crippen LogP contribution in [0.2, 0.25) is 0 Å². The van der Waals surface area contributed by atoms with E-state index in [4.69, 9.17) is 4.74 Å². The first-order valence-electron chi connectivity index (χ1n) is 6.68. The Hall–Kier alpha value is -2.62. The second-order valence-electron chi connectivity index (χ2n) is 4.83. The van der Waals surface area contributed by atoms with Gasteiger partial charge in [-0.3, -0.25) is 4.79 Å². The molecule has 3 aromatic rings.